The van der Waals surface area contributed by atoms with Gasteiger partial charge in [0.25, 0.3) is 10.1 Å². The van der Waals surface area contributed by atoms with E-state index in [-0.39, 0.29) is 6.42 Å². The van der Waals surface area contributed by atoms with Crippen molar-refractivity contribution in [3.05, 3.63) is 35.9 Å². The molecule has 0 aliphatic heterocycles. The molecule has 0 aromatic heterocycles. The Hall–Kier alpha value is -0.940. The normalized spacial score (nSPS) is 13.9. The number of benzene rings is 1. The molecule has 0 spiro atoms. The zero-order valence-corrected chi connectivity index (χ0v) is 8.24. The van der Waals surface area contributed by atoms with Crippen LogP contribution in [-0.4, -0.2) is 19.6 Å². The second-order valence-electron chi connectivity index (χ2n) is 2.89. The first-order chi connectivity index (χ1) is 6.55. The van der Waals surface area contributed by atoms with Gasteiger partial charge in [-0.15, -0.1) is 0 Å². The van der Waals surface area contributed by atoms with Gasteiger partial charge in [-0.2, -0.15) is 8.42 Å². The summed E-state index contributed by atoms with van der Waals surface area (Å²) >= 11 is 0. The van der Waals surface area contributed by atoms with Gasteiger partial charge in [0.1, 0.15) is 5.25 Å². The van der Waals surface area contributed by atoms with E-state index in [9.17, 15) is 12.8 Å². The molecule has 5 heteroatoms. The van der Waals surface area contributed by atoms with Crippen LogP contribution < -0.4 is 0 Å². The number of hydrogen-bond acceptors (Lipinski definition) is 2. The van der Waals surface area contributed by atoms with Crippen molar-refractivity contribution in [1.29, 1.82) is 0 Å². The highest BCUT2D eigenvalue weighted by Crippen LogP contribution is 2.24. The first-order valence-electron chi connectivity index (χ1n) is 4.13. The summed E-state index contributed by atoms with van der Waals surface area (Å²) in [5.74, 6) is 0. The summed E-state index contributed by atoms with van der Waals surface area (Å²) in [6, 6.07) is 8.11. The monoisotopic (exact) mass is 218 g/mol. The molecule has 0 bridgehead atoms. The molecule has 1 atom stereocenters. The van der Waals surface area contributed by atoms with E-state index >= 15 is 0 Å². The lowest BCUT2D eigenvalue weighted by molar-refractivity contribution is 0.430. The van der Waals surface area contributed by atoms with E-state index < -0.39 is 22.0 Å². The predicted molar refractivity (Wildman–Crippen MR) is 51.3 cm³/mol. The average molecular weight is 218 g/mol. The van der Waals surface area contributed by atoms with Gasteiger partial charge in [0.05, 0.1) is 6.67 Å². The van der Waals surface area contributed by atoms with Gasteiger partial charge in [0.2, 0.25) is 0 Å². The average Bonchev–Trinajstić information content (AvgIpc) is 2.14. The van der Waals surface area contributed by atoms with Gasteiger partial charge in [-0.3, -0.25) is 8.94 Å². The minimum Gasteiger partial charge on any atom is -0.285 e. The Bertz CT molecular complexity index is 374. The van der Waals surface area contributed by atoms with Crippen LogP contribution in [0.25, 0.3) is 0 Å². The van der Waals surface area contributed by atoms with E-state index in [2.05, 4.69) is 0 Å². The molecule has 14 heavy (non-hydrogen) atoms. The third-order valence-corrected chi connectivity index (χ3v) is 3.13. The minimum absolute atomic E-state index is 0.219. The van der Waals surface area contributed by atoms with Gasteiger partial charge in [-0.1, -0.05) is 30.3 Å². The van der Waals surface area contributed by atoms with E-state index in [0.717, 1.165) is 0 Å². The van der Waals surface area contributed by atoms with Gasteiger partial charge in [0.15, 0.2) is 0 Å². The smallest absolute Gasteiger partial charge is 0.272 e. The van der Waals surface area contributed by atoms with Gasteiger partial charge >= 0.3 is 0 Å². The molecule has 1 rings (SSSR count). The summed E-state index contributed by atoms with van der Waals surface area (Å²) in [4.78, 5) is 0. The Morgan fingerprint density at radius 1 is 1.29 bits per heavy atom. The quantitative estimate of drug-likeness (QED) is 0.786. The van der Waals surface area contributed by atoms with Crippen LogP contribution in [0.5, 0.6) is 0 Å². The number of hydrogen-bond donors (Lipinski definition) is 1. The van der Waals surface area contributed by atoms with E-state index in [1.54, 1.807) is 30.3 Å². The van der Waals surface area contributed by atoms with Crippen molar-refractivity contribution in [2.45, 2.75) is 11.7 Å². The third kappa shape index (κ3) is 2.78. The maximum Gasteiger partial charge on any atom is 0.272 e. The van der Waals surface area contributed by atoms with Crippen LogP contribution in [0.3, 0.4) is 0 Å². The van der Waals surface area contributed by atoms with E-state index in [1.165, 1.54) is 0 Å². The van der Waals surface area contributed by atoms with Gasteiger partial charge in [0, 0.05) is 0 Å². The van der Waals surface area contributed by atoms with Gasteiger partial charge in [-0.25, -0.2) is 0 Å². The minimum atomic E-state index is -4.22. The van der Waals surface area contributed by atoms with Crippen molar-refractivity contribution in [2.75, 3.05) is 6.67 Å². The van der Waals surface area contributed by atoms with E-state index in [1.807, 2.05) is 0 Å². The molecule has 0 fully saturated rings. The Balaban J connectivity index is 3.02. The van der Waals surface area contributed by atoms with E-state index in [4.69, 9.17) is 4.55 Å². The Kier molecular flexibility index (Phi) is 3.60. The second kappa shape index (κ2) is 4.52. The van der Waals surface area contributed by atoms with Crippen LogP contribution in [0.2, 0.25) is 0 Å². The van der Waals surface area contributed by atoms with Crippen molar-refractivity contribution >= 4 is 10.1 Å². The molecule has 0 saturated heterocycles. The first-order valence-corrected chi connectivity index (χ1v) is 5.63. The molecule has 3 nitrogen and oxygen atoms in total. The Morgan fingerprint density at radius 2 is 1.86 bits per heavy atom. The van der Waals surface area contributed by atoms with Crippen molar-refractivity contribution in [1.82, 2.24) is 0 Å². The van der Waals surface area contributed by atoms with Crippen LogP contribution in [-0.2, 0) is 10.1 Å². The molecule has 1 aromatic rings. The number of rotatable bonds is 4. The van der Waals surface area contributed by atoms with Crippen LogP contribution in [0, 0.1) is 0 Å². The molecule has 78 valence electrons. The lowest BCUT2D eigenvalue weighted by Gasteiger charge is -2.11. The zero-order valence-electron chi connectivity index (χ0n) is 7.43. The predicted octanol–water partition coefficient (Wildman–Crippen LogP) is 1.98. The van der Waals surface area contributed by atoms with Crippen LogP contribution in [0.4, 0.5) is 4.39 Å². The van der Waals surface area contributed by atoms with Crippen molar-refractivity contribution in [2.24, 2.45) is 0 Å². The van der Waals surface area contributed by atoms with Crippen molar-refractivity contribution in [3.8, 4) is 0 Å². The highest BCUT2D eigenvalue weighted by Gasteiger charge is 2.24. The van der Waals surface area contributed by atoms with Crippen LogP contribution in [0.15, 0.2) is 30.3 Å². The van der Waals surface area contributed by atoms with Gasteiger partial charge < -0.3 is 0 Å². The second-order valence-corrected chi connectivity index (χ2v) is 4.49. The SMILES string of the molecule is O=S(=O)(O)C(CCF)c1ccccc1. The summed E-state index contributed by atoms with van der Waals surface area (Å²) in [5.41, 5.74) is 0.410. The maximum atomic E-state index is 12.1. The molecule has 0 aliphatic carbocycles. The summed E-state index contributed by atoms with van der Waals surface area (Å²) in [6.07, 6.45) is -0.219. The highest BCUT2D eigenvalue weighted by atomic mass is 32.2. The molecular weight excluding hydrogens is 207 g/mol. The van der Waals surface area contributed by atoms with Crippen molar-refractivity contribution < 1.29 is 17.4 Å². The largest absolute Gasteiger partial charge is 0.285 e. The molecule has 0 heterocycles. The summed E-state index contributed by atoms with van der Waals surface area (Å²) in [6.45, 7) is -0.778. The fraction of sp³-hybridized carbons (Fsp3) is 0.333. The fourth-order valence-corrected chi connectivity index (χ4v) is 2.14. The first kappa shape index (κ1) is 11.1. The van der Waals surface area contributed by atoms with Crippen molar-refractivity contribution in [3.63, 3.8) is 0 Å². The number of halogens is 1. The van der Waals surface area contributed by atoms with Crippen LogP contribution in [0.1, 0.15) is 17.2 Å². The Morgan fingerprint density at radius 3 is 2.29 bits per heavy atom. The lowest BCUT2D eigenvalue weighted by atomic mass is 10.1. The van der Waals surface area contributed by atoms with Gasteiger partial charge in [-0.05, 0) is 12.0 Å². The van der Waals surface area contributed by atoms with Crippen LogP contribution >= 0.6 is 0 Å². The molecule has 0 amide bonds. The molecule has 0 radical (unpaired) electrons. The fourth-order valence-electron chi connectivity index (χ4n) is 1.25. The third-order valence-electron chi connectivity index (χ3n) is 1.90. The maximum absolute atomic E-state index is 12.1. The molecule has 1 N–H and O–H groups in total. The highest BCUT2D eigenvalue weighted by molar-refractivity contribution is 7.86. The molecule has 1 aromatic carbocycles. The molecule has 0 saturated carbocycles. The summed E-state index contributed by atoms with van der Waals surface area (Å²) < 4.78 is 42.8. The molecule has 0 aliphatic rings. The van der Waals surface area contributed by atoms with E-state index in [0.29, 0.717) is 5.56 Å². The molecule has 1 unspecified atom stereocenters. The number of alkyl halides is 1. The standard InChI is InChI=1S/C9H11FO3S/c10-7-6-9(14(11,12)13)8-4-2-1-3-5-8/h1-5,9H,6-7H2,(H,11,12,13). The Labute approximate surface area is 82.3 Å². The summed E-state index contributed by atoms with van der Waals surface area (Å²) in [7, 11) is -4.22. The zero-order chi connectivity index (χ0) is 10.6. The topological polar surface area (TPSA) is 54.4 Å². The lowest BCUT2D eigenvalue weighted by Crippen LogP contribution is -2.12. The molecular formula is C9H11FO3S. The summed E-state index contributed by atoms with van der Waals surface area (Å²) in [5, 5.41) is -1.16.